The van der Waals surface area contributed by atoms with Crippen LogP contribution in [-0.2, 0) is 0 Å². The third kappa shape index (κ3) is 2.50. The number of rotatable bonds is 3. The smallest absolute Gasteiger partial charge is 0.339 e. The van der Waals surface area contributed by atoms with Crippen molar-refractivity contribution >= 4 is 11.8 Å². The zero-order chi connectivity index (χ0) is 14.9. The molecule has 2 aromatic rings. The van der Waals surface area contributed by atoms with Crippen molar-refractivity contribution < 1.29 is 9.90 Å². The van der Waals surface area contributed by atoms with Gasteiger partial charge in [0.1, 0.15) is 11.4 Å². The van der Waals surface area contributed by atoms with Crippen LogP contribution < -0.4 is 5.32 Å². The molecule has 0 bridgehead atoms. The average Bonchev–Trinajstić information content (AvgIpc) is 2.41. The van der Waals surface area contributed by atoms with Gasteiger partial charge in [0.25, 0.3) is 0 Å². The molecule has 2 N–H and O–H groups in total. The van der Waals surface area contributed by atoms with Crippen LogP contribution in [-0.4, -0.2) is 23.1 Å². The van der Waals surface area contributed by atoms with E-state index in [1.54, 1.807) is 13.1 Å². The second kappa shape index (κ2) is 5.33. The van der Waals surface area contributed by atoms with E-state index in [2.05, 4.69) is 36.3 Å². The lowest BCUT2D eigenvalue weighted by Crippen LogP contribution is -2.07. The van der Waals surface area contributed by atoms with E-state index in [0.717, 1.165) is 16.8 Å². The molecular weight excluding hydrogens is 252 g/mol. The van der Waals surface area contributed by atoms with Gasteiger partial charge in [-0.25, -0.2) is 9.78 Å². The fourth-order valence-electron chi connectivity index (χ4n) is 2.15. The molecule has 0 saturated carbocycles. The lowest BCUT2D eigenvalue weighted by molar-refractivity contribution is 0.0697. The number of nitrogens with zero attached hydrogens (tertiary/aromatic N) is 1. The standard InChI is InChI=1S/C16H18N2O2/c1-9-5-6-12(7-10(9)2)14-11(3)8-13(16(19)20)15(17-4)18-14/h5-8H,1-4H3,(H,17,18)(H,19,20). The van der Waals surface area contributed by atoms with Crippen molar-refractivity contribution in [2.24, 2.45) is 0 Å². The van der Waals surface area contributed by atoms with E-state index in [0.29, 0.717) is 5.82 Å². The van der Waals surface area contributed by atoms with Crippen LogP contribution >= 0.6 is 0 Å². The first-order chi connectivity index (χ1) is 9.43. The summed E-state index contributed by atoms with van der Waals surface area (Å²) in [4.78, 5) is 15.7. The predicted molar refractivity (Wildman–Crippen MR) is 80.4 cm³/mol. The second-order valence-electron chi connectivity index (χ2n) is 4.90. The molecule has 2 rings (SSSR count). The number of anilines is 1. The summed E-state index contributed by atoms with van der Waals surface area (Å²) in [6.45, 7) is 5.99. The first kappa shape index (κ1) is 14.1. The Bertz CT molecular complexity index is 678. The topological polar surface area (TPSA) is 62.2 Å². The Morgan fingerprint density at radius 2 is 1.80 bits per heavy atom. The van der Waals surface area contributed by atoms with Crippen molar-refractivity contribution in [2.45, 2.75) is 20.8 Å². The molecule has 0 fully saturated rings. The Morgan fingerprint density at radius 3 is 2.35 bits per heavy atom. The molecule has 4 nitrogen and oxygen atoms in total. The summed E-state index contributed by atoms with van der Waals surface area (Å²) in [5.74, 6) is -0.590. The van der Waals surface area contributed by atoms with Crippen molar-refractivity contribution in [3.8, 4) is 11.3 Å². The first-order valence-electron chi connectivity index (χ1n) is 6.44. The number of benzene rings is 1. The van der Waals surface area contributed by atoms with Crippen molar-refractivity contribution in [3.63, 3.8) is 0 Å². The summed E-state index contributed by atoms with van der Waals surface area (Å²) in [6, 6.07) is 7.80. The molecule has 0 amide bonds. The minimum Gasteiger partial charge on any atom is -0.478 e. The quantitative estimate of drug-likeness (QED) is 0.897. The fourth-order valence-corrected chi connectivity index (χ4v) is 2.15. The lowest BCUT2D eigenvalue weighted by Gasteiger charge is -2.12. The molecule has 104 valence electrons. The average molecular weight is 270 g/mol. The van der Waals surface area contributed by atoms with E-state index < -0.39 is 5.97 Å². The third-order valence-electron chi connectivity index (χ3n) is 3.46. The van der Waals surface area contributed by atoms with Crippen LogP contribution in [0.2, 0.25) is 0 Å². The maximum atomic E-state index is 11.2. The van der Waals surface area contributed by atoms with Crippen LogP contribution in [0.4, 0.5) is 5.82 Å². The SMILES string of the molecule is CNc1nc(-c2ccc(C)c(C)c2)c(C)cc1C(=O)O. The monoisotopic (exact) mass is 270 g/mol. The van der Waals surface area contributed by atoms with E-state index in [9.17, 15) is 9.90 Å². The summed E-state index contributed by atoms with van der Waals surface area (Å²) in [5.41, 5.74) is 5.27. The molecule has 0 radical (unpaired) electrons. The van der Waals surface area contributed by atoms with Gasteiger partial charge in [0, 0.05) is 12.6 Å². The number of hydrogen-bond donors (Lipinski definition) is 2. The van der Waals surface area contributed by atoms with E-state index in [4.69, 9.17) is 0 Å². The van der Waals surface area contributed by atoms with Crippen LogP contribution in [0.3, 0.4) is 0 Å². The largest absolute Gasteiger partial charge is 0.478 e. The molecular formula is C16H18N2O2. The summed E-state index contributed by atoms with van der Waals surface area (Å²) < 4.78 is 0. The highest BCUT2D eigenvalue weighted by Gasteiger charge is 2.15. The maximum Gasteiger partial charge on any atom is 0.339 e. The number of aromatic nitrogens is 1. The molecule has 0 aliphatic carbocycles. The molecule has 0 unspecified atom stereocenters. The normalized spacial score (nSPS) is 10.4. The number of hydrogen-bond acceptors (Lipinski definition) is 3. The van der Waals surface area contributed by atoms with E-state index in [-0.39, 0.29) is 5.56 Å². The van der Waals surface area contributed by atoms with Crippen molar-refractivity contribution in [3.05, 3.63) is 46.5 Å². The molecule has 0 atom stereocenters. The van der Waals surface area contributed by atoms with E-state index in [1.807, 2.05) is 13.0 Å². The van der Waals surface area contributed by atoms with Gasteiger partial charge in [0.05, 0.1) is 5.69 Å². The molecule has 1 heterocycles. The molecule has 0 saturated heterocycles. The lowest BCUT2D eigenvalue weighted by atomic mass is 10.0. The summed E-state index contributed by atoms with van der Waals surface area (Å²) in [6.07, 6.45) is 0. The Morgan fingerprint density at radius 1 is 1.10 bits per heavy atom. The van der Waals surface area contributed by atoms with Gasteiger partial charge >= 0.3 is 5.97 Å². The third-order valence-corrected chi connectivity index (χ3v) is 3.46. The Kier molecular flexibility index (Phi) is 3.74. The summed E-state index contributed by atoms with van der Waals surface area (Å²) in [7, 11) is 1.67. The first-order valence-corrected chi connectivity index (χ1v) is 6.44. The zero-order valence-corrected chi connectivity index (χ0v) is 12.1. The molecule has 0 aliphatic rings. The second-order valence-corrected chi connectivity index (χ2v) is 4.90. The minimum absolute atomic E-state index is 0.192. The predicted octanol–water partition coefficient (Wildman–Crippen LogP) is 3.41. The van der Waals surface area contributed by atoms with Crippen LogP contribution in [0.1, 0.15) is 27.0 Å². The molecule has 1 aromatic heterocycles. The van der Waals surface area contributed by atoms with Crippen LogP contribution in [0.5, 0.6) is 0 Å². The highest BCUT2D eigenvalue weighted by molar-refractivity contribution is 5.94. The number of carboxylic acids is 1. The minimum atomic E-state index is -0.975. The Labute approximate surface area is 118 Å². The van der Waals surface area contributed by atoms with Gasteiger partial charge in [-0.15, -0.1) is 0 Å². The van der Waals surface area contributed by atoms with Gasteiger partial charge in [-0.05, 0) is 49.6 Å². The Balaban J connectivity index is 2.62. The molecule has 0 spiro atoms. The number of aromatic carboxylic acids is 1. The molecule has 0 aliphatic heterocycles. The van der Waals surface area contributed by atoms with Crippen molar-refractivity contribution in [1.82, 2.24) is 4.98 Å². The summed E-state index contributed by atoms with van der Waals surface area (Å²) in [5, 5.41) is 12.0. The highest BCUT2D eigenvalue weighted by atomic mass is 16.4. The van der Waals surface area contributed by atoms with E-state index >= 15 is 0 Å². The van der Waals surface area contributed by atoms with Gasteiger partial charge in [-0.1, -0.05) is 12.1 Å². The summed E-state index contributed by atoms with van der Waals surface area (Å²) >= 11 is 0. The Hall–Kier alpha value is -2.36. The number of pyridine rings is 1. The molecule has 1 aromatic carbocycles. The number of carbonyl (C=O) groups is 1. The van der Waals surface area contributed by atoms with Crippen LogP contribution in [0, 0.1) is 20.8 Å². The van der Waals surface area contributed by atoms with Crippen LogP contribution in [0.15, 0.2) is 24.3 Å². The van der Waals surface area contributed by atoms with Gasteiger partial charge < -0.3 is 10.4 Å². The van der Waals surface area contributed by atoms with Crippen LogP contribution in [0.25, 0.3) is 11.3 Å². The van der Waals surface area contributed by atoms with Gasteiger partial charge in [-0.2, -0.15) is 0 Å². The number of aryl methyl sites for hydroxylation is 3. The molecule has 20 heavy (non-hydrogen) atoms. The number of carboxylic acid groups (broad SMARTS) is 1. The zero-order valence-electron chi connectivity index (χ0n) is 12.1. The molecule has 4 heteroatoms. The van der Waals surface area contributed by atoms with E-state index in [1.165, 1.54) is 11.1 Å². The van der Waals surface area contributed by atoms with Gasteiger partial charge in [0.2, 0.25) is 0 Å². The van der Waals surface area contributed by atoms with Gasteiger partial charge in [0.15, 0.2) is 0 Å². The van der Waals surface area contributed by atoms with Gasteiger partial charge in [-0.3, -0.25) is 0 Å². The van der Waals surface area contributed by atoms with Crippen molar-refractivity contribution in [2.75, 3.05) is 12.4 Å². The number of nitrogens with one attached hydrogen (secondary N) is 1. The van der Waals surface area contributed by atoms with Crippen molar-refractivity contribution in [1.29, 1.82) is 0 Å². The highest BCUT2D eigenvalue weighted by Crippen LogP contribution is 2.27. The maximum absolute atomic E-state index is 11.2. The fraction of sp³-hybridized carbons (Fsp3) is 0.250.